The number of benzene rings is 2. The number of nitrogens with zero attached hydrogens (tertiary/aromatic N) is 2. The van der Waals surface area contributed by atoms with Gasteiger partial charge in [-0.3, -0.25) is 14.2 Å². The molecule has 2 aromatic carbocycles. The summed E-state index contributed by atoms with van der Waals surface area (Å²) in [5.41, 5.74) is -0.0608. The minimum Gasteiger partial charge on any atom is -0.483 e. The van der Waals surface area contributed by atoms with Crippen LogP contribution in [0.2, 0.25) is 0 Å². The topological polar surface area (TPSA) is 153 Å². The Balaban J connectivity index is 1.25. The largest absolute Gasteiger partial charge is 0.483 e. The van der Waals surface area contributed by atoms with Crippen molar-refractivity contribution in [2.75, 3.05) is 75.3 Å². The summed E-state index contributed by atoms with van der Waals surface area (Å²) in [6, 6.07) is 6.72. The Labute approximate surface area is 230 Å². The van der Waals surface area contributed by atoms with Gasteiger partial charge in [-0.25, -0.2) is 8.78 Å². The highest BCUT2D eigenvalue weighted by Crippen LogP contribution is 2.24. The minimum atomic E-state index is -3.89. The number of rotatable bonds is 12. The van der Waals surface area contributed by atoms with Crippen LogP contribution in [0.4, 0.5) is 20.2 Å². The fourth-order valence-corrected chi connectivity index (χ4v) is 6.09. The van der Waals surface area contributed by atoms with Gasteiger partial charge in [0, 0.05) is 38.3 Å². The van der Waals surface area contributed by atoms with E-state index < -0.39 is 51.1 Å². The van der Waals surface area contributed by atoms with Crippen molar-refractivity contribution >= 4 is 37.6 Å². The van der Waals surface area contributed by atoms with Crippen LogP contribution in [0, 0.1) is 11.6 Å². The smallest absolute Gasteiger partial charge is 0.301 e. The number of carbonyl (C=O) groups is 1. The first-order chi connectivity index (χ1) is 19.0. The lowest BCUT2D eigenvalue weighted by molar-refractivity contribution is -0.123. The average molecular weight is 607 g/mol. The number of halogens is 2. The monoisotopic (exact) mass is 606 g/mol. The first-order valence-electron chi connectivity index (χ1n) is 12.1. The molecule has 2 saturated heterocycles. The summed E-state index contributed by atoms with van der Waals surface area (Å²) in [4.78, 5) is 12.2. The lowest BCUT2D eigenvalue weighted by atomic mass is 10.3. The van der Waals surface area contributed by atoms with Crippen LogP contribution in [-0.4, -0.2) is 97.0 Å². The van der Waals surface area contributed by atoms with Crippen molar-refractivity contribution in [2.24, 2.45) is 0 Å². The zero-order valence-corrected chi connectivity index (χ0v) is 22.8. The number of Topliss-reactive ketones (excluding diaryl/α,β-unsaturated/α-hetero) is 1. The van der Waals surface area contributed by atoms with Gasteiger partial charge in [0.15, 0.2) is 36.3 Å². The maximum absolute atomic E-state index is 14.5. The first-order valence-corrected chi connectivity index (χ1v) is 15.0. The lowest BCUT2D eigenvalue weighted by Crippen LogP contribution is -2.43. The van der Waals surface area contributed by atoms with Crippen molar-refractivity contribution in [3.05, 3.63) is 48.0 Å². The SMILES string of the molecule is O=C(COc1ccc(NS(=O)(=O)N2CCOCC2)cc1F)COc1ccc(NS(=O)(=O)N2CCOCC2)cc1F. The highest BCUT2D eigenvalue weighted by atomic mass is 32.2. The summed E-state index contributed by atoms with van der Waals surface area (Å²) >= 11 is 0. The third-order valence-corrected chi connectivity index (χ3v) is 8.83. The van der Waals surface area contributed by atoms with Crippen LogP contribution in [0.25, 0.3) is 0 Å². The molecule has 2 fully saturated rings. The van der Waals surface area contributed by atoms with Gasteiger partial charge in [0.2, 0.25) is 5.78 Å². The number of hydrogen-bond acceptors (Lipinski definition) is 9. The number of morpholine rings is 2. The number of carbonyl (C=O) groups excluding carboxylic acids is 1. The molecular weight excluding hydrogens is 578 g/mol. The summed E-state index contributed by atoms with van der Waals surface area (Å²) < 4.78 is 106. The molecule has 2 aliphatic heterocycles. The first kappa shape index (κ1) is 29.9. The third kappa shape index (κ3) is 7.98. The van der Waals surface area contributed by atoms with Crippen LogP contribution in [0.3, 0.4) is 0 Å². The molecule has 40 heavy (non-hydrogen) atoms. The molecule has 4 rings (SSSR count). The Bertz CT molecular complexity index is 1310. The van der Waals surface area contributed by atoms with Gasteiger partial charge in [0.1, 0.15) is 0 Å². The molecule has 0 saturated carbocycles. The van der Waals surface area contributed by atoms with E-state index in [1.807, 2.05) is 0 Å². The number of hydrogen-bond donors (Lipinski definition) is 2. The molecule has 0 aromatic heterocycles. The predicted molar refractivity (Wildman–Crippen MR) is 139 cm³/mol. The highest BCUT2D eigenvalue weighted by Gasteiger charge is 2.26. The molecule has 17 heteroatoms. The van der Waals surface area contributed by atoms with Crippen LogP contribution in [0.15, 0.2) is 36.4 Å². The maximum Gasteiger partial charge on any atom is 0.301 e. The lowest BCUT2D eigenvalue weighted by Gasteiger charge is -2.26. The Morgan fingerprint density at radius 1 is 0.725 bits per heavy atom. The van der Waals surface area contributed by atoms with Crippen LogP contribution in [-0.2, 0) is 34.7 Å². The predicted octanol–water partition coefficient (Wildman–Crippen LogP) is 0.970. The van der Waals surface area contributed by atoms with Gasteiger partial charge in [-0.15, -0.1) is 0 Å². The van der Waals surface area contributed by atoms with Gasteiger partial charge in [-0.2, -0.15) is 25.4 Å². The molecule has 0 radical (unpaired) electrons. The van der Waals surface area contributed by atoms with Gasteiger partial charge >= 0.3 is 20.4 Å². The molecule has 2 aliphatic rings. The summed E-state index contributed by atoms with van der Waals surface area (Å²) in [5, 5.41) is 0. The van der Waals surface area contributed by atoms with E-state index in [2.05, 4.69) is 9.44 Å². The fourth-order valence-electron chi connectivity index (χ4n) is 3.72. The molecule has 2 heterocycles. The summed E-state index contributed by atoms with van der Waals surface area (Å²) in [7, 11) is -7.78. The van der Waals surface area contributed by atoms with Gasteiger partial charge in [-0.1, -0.05) is 0 Å². The number of ketones is 1. The van der Waals surface area contributed by atoms with Gasteiger partial charge in [-0.05, 0) is 24.3 Å². The second-order valence-corrected chi connectivity index (χ2v) is 12.0. The van der Waals surface area contributed by atoms with Gasteiger partial charge < -0.3 is 18.9 Å². The van der Waals surface area contributed by atoms with Crippen LogP contribution in [0.1, 0.15) is 0 Å². The number of anilines is 2. The molecule has 0 bridgehead atoms. The van der Waals surface area contributed by atoms with Crippen molar-refractivity contribution in [1.82, 2.24) is 8.61 Å². The van der Waals surface area contributed by atoms with Crippen LogP contribution < -0.4 is 18.9 Å². The summed E-state index contributed by atoms with van der Waals surface area (Å²) in [6.45, 7) is 0.516. The van der Waals surface area contributed by atoms with E-state index in [9.17, 15) is 30.4 Å². The van der Waals surface area contributed by atoms with Crippen molar-refractivity contribution in [2.45, 2.75) is 0 Å². The van der Waals surface area contributed by atoms with E-state index in [0.29, 0.717) is 0 Å². The molecule has 2 aromatic rings. The van der Waals surface area contributed by atoms with Crippen LogP contribution >= 0.6 is 0 Å². The van der Waals surface area contributed by atoms with E-state index in [1.165, 1.54) is 20.7 Å². The summed E-state index contributed by atoms with van der Waals surface area (Å²) in [5.74, 6) is -3.06. The average Bonchev–Trinajstić information content (AvgIpc) is 2.93. The van der Waals surface area contributed by atoms with Crippen molar-refractivity contribution < 1.29 is 49.4 Å². The van der Waals surface area contributed by atoms with Crippen molar-refractivity contribution in [3.63, 3.8) is 0 Å². The Morgan fingerprint density at radius 3 is 1.45 bits per heavy atom. The van der Waals surface area contributed by atoms with E-state index in [-0.39, 0.29) is 75.5 Å². The number of nitrogens with one attached hydrogen (secondary N) is 2. The molecule has 0 atom stereocenters. The van der Waals surface area contributed by atoms with Crippen molar-refractivity contribution in [1.29, 1.82) is 0 Å². The molecule has 0 spiro atoms. The van der Waals surface area contributed by atoms with E-state index in [1.54, 1.807) is 0 Å². The van der Waals surface area contributed by atoms with Gasteiger partial charge in [0.05, 0.1) is 37.8 Å². The molecule has 2 N–H and O–H groups in total. The van der Waals surface area contributed by atoms with E-state index in [0.717, 1.165) is 24.3 Å². The minimum absolute atomic E-state index is 0.0304. The normalized spacial score (nSPS) is 17.2. The quantitative estimate of drug-likeness (QED) is 0.360. The Kier molecular flexibility index (Phi) is 9.75. The van der Waals surface area contributed by atoms with E-state index in [4.69, 9.17) is 18.9 Å². The molecule has 0 aliphatic carbocycles. The Morgan fingerprint density at radius 2 is 1.10 bits per heavy atom. The second kappa shape index (κ2) is 13.0. The van der Waals surface area contributed by atoms with Crippen LogP contribution in [0.5, 0.6) is 11.5 Å². The zero-order valence-electron chi connectivity index (χ0n) is 21.2. The van der Waals surface area contributed by atoms with E-state index >= 15 is 0 Å². The molecule has 0 amide bonds. The molecule has 0 unspecified atom stereocenters. The number of ether oxygens (including phenoxy) is 4. The van der Waals surface area contributed by atoms with Crippen molar-refractivity contribution in [3.8, 4) is 11.5 Å². The molecular formula is C23H28F2N4O9S2. The second-order valence-electron chi connectivity index (χ2n) is 8.64. The highest BCUT2D eigenvalue weighted by molar-refractivity contribution is 7.90. The van der Waals surface area contributed by atoms with Gasteiger partial charge in [0.25, 0.3) is 0 Å². The zero-order chi connectivity index (χ0) is 28.8. The summed E-state index contributed by atoms with van der Waals surface area (Å²) in [6.07, 6.45) is 0. The molecule has 220 valence electrons. The standard InChI is InChI=1S/C23H28F2N4O9S2/c24-20-13-17(26-39(31,32)28-5-9-35-10-6-28)1-3-22(20)37-15-19(30)16-38-23-4-2-18(14-21(23)25)27-40(33,34)29-7-11-36-12-8-29/h1-4,13-14,26-27H,5-12,15-16H2. The maximum atomic E-state index is 14.5. The Hall–Kier alpha value is -3.09. The molecule has 13 nitrogen and oxygen atoms in total. The third-order valence-electron chi connectivity index (χ3n) is 5.75. The fraction of sp³-hybridized carbons (Fsp3) is 0.435.